The van der Waals surface area contributed by atoms with E-state index in [0.29, 0.717) is 13.0 Å². The highest BCUT2D eigenvalue weighted by Crippen LogP contribution is 2.24. The molecule has 0 bridgehead atoms. The van der Waals surface area contributed by atoms with Gasteiger partial charge in [0.2, 0.25) is 0 Å². The molecule has 0 spiro atoms. The Morgan fingerprint density at radius 2 is 2.35 bits per heavy atom. The van der Waals surface area contributed by atoms with Gasteiger partial charge in [0.1, 0.15) is 17.4 Å². The number of carbonyl (C=O) groups excluding carboxylic acids is 1. The van der Waals surface area contributed by atoms with E-state index in [1.165, 1.54) is 4.90 Å². The van der Waals surface area contributed by atoms with Crippen LogP contribution in [0.5, 0.6) is 0 Å². The Morgan fingerprint density at radius 1 is 1.60 bits per heavy atom. The summed E-state index contributed by atoms with van der Waals surface area (Å²) in [5.74, 6) is -0.488. The van der Waals surface area contributed by atoms with Crippen LogP contribution in [-0.2, 0) is 0 Å². The molecule has 1 unspecified atom stereocenters. The second-order valence-electron chi connectivity index (χ2n) is 4.43. The van der Waals surface area contributed by atoms with Crippen molar-refractivity contribution in [1.29, 1.82) is 5.26 Å². The average molecular weight is 295 g/mol. The van der Waals surface area contributed by atoms with Crippen LogP contribution < -0.4 is 0 Å². The Kier molecular flexibility index (Phi) is 4.15. The number of hydrogen-bond acceptors (Lipinski definition) is 5. The molecule has 1 aliphatic heterocycles. The lowest BCUT2D eigenvalue weighted by molar-refractivity contribution is -0.385. The lowest BCUT2D eigenvalue weighted by Crippen LogP contribution is -2.43. The predicted molar refractivity (Wildman–Crippen MR) is 70.2 cm³/mol. The quantitative estimate of drug-likeness (QED) is 0.472. The molecule has 0 aliphatic carbocycles. The number of nitrogens with zero attached hydrogens (tertiary/aromatic N) is 4. The maximum absolute atomic E-state index is 12.4. The second-order valence-corrected chi connectivity index (χ2v) is 4.79. The largest absolute Gasteiger partial charge is 0.323 e. The molecule has 1 aromatic rings. The third kappa shape index (κ3) is 2.70. The zero-order valence-electron chi connectivity index (χ0n) is 10.5. The molecule has 1 atom stereocenters. The number of nitriles is 1. The normalized spacial score (nSPS) is 18.4. The van der Waals surface area contributed by atoms with Crippen molar-refractivity contribution in [2.24, 2.45) is 0 Å². The second kappa shape index (κ2) is 5.84. The fourth-order valence-corrected chi connectivity index (χ4v) is 2.33. The number of piperidine rings is 1. The summed E-state index contributed by atoms with van der Waals surface area (Å²) in [6, 6.07) is 2.65. The molecule has 2 rings (SSSR count). The SMILES string of the molecule is N#CC1CCCCN1C(=O)c1cc([N+](=O)[O-])cnc1Cl. The summed E-state index contributed by atoms with van der Waals surface area (Å²) in [6.45, 7) is 0.441. The first kappa shape index (κ1) is 14.2. The Balaban J connectivity index is 2.35. The van der Waals surface area contributed by atoms with Crippen LogP contribution in [0.3, 0.4) is 0 Å². The Morgan fingerprint density at radius 3 is 3.00 bits per heavy atom. The minimum absolute atomic E-state index is 0.0389. The molecule has 7 nitrogen and oxygen atoms in total. The minimum atomic E-state index is -0.641. The van der Waals surface area contributed by atoms with Crippen molar-refractivity contribution in [3.05, 3.63) is 33.1 Å². The van der Waals surface area contributed by atoms with Gasteiger partial charge in [-0.2, -0.15) is 5.26 Å². The number of pyridine rings is 1. The predicted octanol–water partition coefficient (Wildman–Crippen LogP) is 2.16. The van der Waals surface area contributed by atoms with Gasteiger partial charge < -0.3 is 4.90 Å². The smallest absolute Gasteiger partial charge is 0.288 e. The van der Waals surface area contributed by atoms with Crippen LogP contribution >= 0.6 is 11.6 Å². The molecular formula is C12H11ClN4O3. The van der Waals surface area contributed by atoms with E-state index in [-0.39, 0.29) is 16.4 Å². The van der Waals surface area contributed by atoms with Gasteiger partial charge in [-0.3, -0.25) is 14.9 Å². The van der Waals surface area contributed by atoms with Crippen LogP contribution in [0.2, 0.25) is 5.15 Å². The van der Waals surface area contributed by atoms with Gasteiger partial charge >= 0.3 is 0 Å². The van der Waals surface area contributed by atoms with Gasteiger partial charge in [-0.05, 0) is 19.3 Å². The lowest BCUT2D eigenvalue weighted by atomic mass is 10.0. The monoisotopic (exact) mass is 294 g/mol. The van der Waals surface area contributed by atoms with Crippen molar-refractivity contribution in [2.45, 2.75) is 25.3 Å². The summed E-state index contributed by atoms with van der Waals surface area (Å²) in [5, 5.41) is 19.7. The molecule has 1 amide bonds. The van der Waals surface area contributed by atoms with E-state index < -0.39 is 16.9 Å². The van der Waals surface area contributed by atoms with Crippen LogP contribution in [0.15, 0.2) is 12.3 Å². The number of nitro groups is 1. The maximum Gasteiger partial charge on any atom is 0.288 e. The van der Waals surface area contributed by atoms with Crippen LogP contribution in [0, 0.1) is 21.4 Å². The van der Waals surface area contributed by atoms with Crippen molar-refractivity contribution in [3.63, 3.8) is 0 Å². The number of halogens is 1. The maximum atomic E-state index is 12.4. The zero-order chi connectivity index (χ0) is 14.7. The molecule has 0 N–H and O–H groups in total. The molecule has 104 valence electrons. The van der Waals surface area contributed by atoms with Crippen molar-refractivity contribution in [2.75, 3.05) is 6.54 Å². The van der Waals surface area contributed by atoms with Gasteiger partial charge in [-0.15, -0.1) is 0 Å². The highest BCUT2D eigenvalue weighted by Gasteiger charge is 2.29. The molecule has 1 aromatic heterocycles. The van der Waals surface area contributed by atoms with E-state index >= 15 is 0 Å². The number of carbonyl (C=O) groups is 1. The molecule has 2 heterocycles. The van der Waals surface area contributed by atoms with Crippen LogP contribution in [0.1, 0.15) is 29.6 Å². The molecule has 0 radical (unpaired) electrons. The standard InChI is InChI=1S/C12H11ClN4O3/c13-11-10(5-9(7-15-11)17(19)20)12(18)16-4-2-1-3-8(16)6-14/h5,7-8H,1-4H2. The van der Waals surface area contributed by atoms with E-state index in [4.69, 9.17) is 16.9 Å². The molecule has 8 heteroatoms. The van der Waals surface area contributed by atoms with Crippen LogP contribution in [0.4, 0.5) is 5.69 Å². The third-order valence-electron chi connectivity index (χ3n) is 3.18. The van der Waals surface area contributed by atoms with Gasteiger partial charge in [0.25, 0.3) is 11.6 Å². The number of rotatable bonds is 2. The van der Waals surface area contributed by atoms with Gasteiger partial charge in [0, 0.05) is 12.6 Å². The topological polar surface area (TPSA) is 100 Å². The molecular weight excluding hydrogens is 284 g/mol. The molecule has 0 saturated carbocycles. The summed E-state index contributed by atoms with van der Waals surface area (Å²) >= 11 is 5.84. The van der Waals surface area contributed by atoms with E-state index in [1.54, 1.807) is 0 Å². The van der Waals surface area contributed by atoms with Crippen LogP contribution in [-0.4, -0.2) is 33.3 Å². The van der Waals surface area contributed by atoms with Crippen LogP contribution in [0.25, 0.3) is 0 Å². The van der Waals surface area contributed by atoms with Gasteiger partial charge in [0.15, 0.2) is 0 Å². The van der Waals surface area contributed by atoms with Gasteiger partial charge in [-0.25, -0.2) is 4.98 Å². The summed E-state index contributed by atoms with van der Waals surface area (Å²) in [7, 11) is 0. The number of aromatic nitrogens is 1. The molecule has 1 aliphatic rings. The number of likely N-dealkylation sites (tertiary alicyclic amines) is 1. The number of hydrogen-bond donors (Lipinski definition) is 0. The Labute approximate surface area is 119 Å². The first-order valence-corrected chi connectivity index (χ1v) is 6.43. The van der Waals surface area contributed by atoms with E-state index in [0.717, 1.165) is 25.1 Å². The highest BCUT2D eigenvalue weighted by molar-refractivity contribution is 6.32. The molecule has 1 fully saturated rings. The highest BCUT2D eigenvalue weighted by atomic mass is 35.5. The Bertz CT molecular complexity index is 599. The van der Waals surface area contributed by atoms with Crippen molar-refractivity contribution in [1.82, 2.24) is 9.88 Å². The fourth-order valence-electron chi connectivity index (χ4n) is 2.15. The molecule has 20 heavy (non-hydrogen) atoms. The van der Waals surface area contributed by atoms with Gasteiger partial charge in [-0.1, -0.05) is 11.6 Å². The minimum Gasteiger partial charge on any atom is -0.323 e. The molecule has 1 saturated heterocycles. The average Bonchev–Trinajstić information content (AvgIpc) is 2.46. The third-order valence-corrected chi connectivity index (χ3v) is 3.48. The van der Waals surface area contributed by atoms with E-state index in [2.05, 4.69) is 11.1 Å². The summed E-state index contributed by atoms with van der Waals surface area (Å²) < 4.78 is 0. The van der Waals surface area contributed by atoms with Crippen molar-refractivity contribution < 1.29 is 9.72 Å². The summed E-state index contributed by atoms with van der Waals surface area (Å²) in [4.78, 5) is 27.5. The van der Waals surface area contributed by atoms with E-state index in [1.807, 2.05) is 0 Å². The zero-order valence-corrected chi connectivity index (χ0v) is 11.2. The molecule has 0 aromatic carbocycles. The first-order valence-electron chi connectivity index (χ1n) is 6.05. The first-order chi connectivity index (χ1) is 9.54. The lowest BCUT2D eigenvalue weighted by Gasteiger charge is -2.31. The summed E-state index contributed by atoms with van der Waals surface area (Å²) in [5.41, 5.74) is -0.341. The van der Waals surface area contributed by atoms with Crippen molar-refractivity contribution >= 4 is 23.2 Å². The number of amides is 1. The van der Waals surface area contributed by atoms with Crippen molar-refractivity contribution in [3.8, 4) is 6.07 Å². The van der Waals surface area contributed by atoms with Gasteiger partial charge in [0.05, 0.1) is 16.6 Å². The van der Waals surface area contributed by atoms with E-state index in [9.17, 15) is 14.9 Å². The Hall–Kier alpha value is -2.20. The fraction of sp³-hybridized carbons (Fsp3) is 0.417. The summed E-state index contributed by atoms with van der Waals surface area (Å²) in [6.07, 6.45) is 3.27.